The summed E-state index contributed by atoms with van der Waals surface area (Å²) in [6.45, 7) is 18.5. The van der Waals surface area contributed by atoms with Crippen molar-refractivity contribution in [1.82, 2.24) is 0 Å². The average molecular weight is 712 g/mol. The molecule has 0 bridgehead atoms. The van der Waals surface area contributed by atoms with E-state index in [0.717, 1.165) is 88.4 Å². The molecule has 49 heavy (non-hydrogen) atoms. The molecule has 0 unspecified atom stereocenters. The van der Waals surface area contributed by atoms with Crippen molar-refractivity contribution in [1.29, 1.82) is 0 Å². The summed E-state index contributed by atoms with van der Waals surface area (Å²) in [5.74, 6) is 0. The second-order valence-electron chi connectivity index (χ2n) is 14.6. The third-order valence-corrected chi connectivity index (χ3v) is 10.4. The molecule has 0 N–H and O–H groups in total. The van der Waals surface area contributed by atoms with Crippen molar-refractivity contribution in [2.45, 2.75) is 197 Å². The fourth-order valence-electron chi connectivity index (χ4n) is 8.22. The number of unbranched alkanes of at least 4 members (excludes halogenated alkanes) is 6. The van der Waals surface area contributed by atoms with E-state index in [9.17, 15) is 5.53 Å². The Morgan fingerprint density at radius 3 is 0.959 bits per heavy atom. The van der Waals surface area contributed by atoms with E-state index in [0.29, 0.717) is 0 Å². The summed E-state index contributed by atoms with van der Waals surface area (Å²) in [7, 11) is 0. The van der Waals surface area contributed by atoms with E-state index in [1.807, 2.05) is 0 Å². The number of hydrogen-bond acceptors (Lipinski definition) is 0. The van der Waals surface area contributed by atoms with Crippen LogP contribution in [0.1, 0.15) is 203 Å². The molecule has 0 atom stereocenters. The van der Waals surface area contributed by atoms with Crippen LogP contribution in [0.5, 0.6) is 0 Å². The molecule has 0 radical (unpaired) electrons. The summed E-state index contributed by atoms with van der Waals surface area (Å²) in [4.78, 5) is 0. The van der Waals surface area contributed by atoms with Gasteiger partial charge in [0.2, 0.25) is 11.4 Å². The van der Waals surface area contributed by atoms with Crippen LogP contribution in [0.4, 0.5) is 0 Å². The molecule has 0 saturated heterocycles. The second-order valence-corrected chi connectivity index (χ2v) is 14.6. The largest absolute Gasteiger partial charge is 0.493 e. The van der Waals surface area contributed by atoms with Crippen LogP contribution >= 0.6 is 0 Å². The maximum atomic E-state index is 12.6. The fraction of sp³-hybridized carbons (Fsp3) is 0.652. The van der Waals surface area contributed by atoms with E-state index < -0.39 is 0 Å². The topological polar surface area (TPSA) is 25.3 Å². The van der Waals surface area contributed by atoms with Crippen molar-refractivity contribution < 1.29 is 21.2 Å². The Morgan fingerprint density at radius 1 is 0.388 bits per heavy atom. The Bertz CT molecular complexity index is 1220. The first-order chi connectivity index (χ1) is 23.4. The molecule has 2 nitrogen and oxygen atoms in total. The minimum absolute atomic E-state index is 0. The predicted octanol–water partition coefficient (Wildman–Crippen LogP) is 14.5. The van der Waals surface area contributed by atoms with Gasteiger partial charge in [0.25, 0.3) is 0 Å². The molecule has 0 aliphatic carbocycles. The van der Waals surface area contributed by atoms with Gasteiger partial charge in [0, 0.05) is 38.8 Å². The van der Waals surface area contributed by atoms with E-state index in [4.69, 9.17) is 0 Å². The molecule has 3 heteroatoms. The first-order valence-electron chi connectivity index (χ1n) is 20.7. The minimum Gasteiger partial charge on any atom is -0.493 e. The summed E-state index contributed by atoms with van der Waals surface area (Å²) in [6.07, 6.45) is 25.6. The van der Waals surface area contributed by atoms with Crippen LogP contribution in [0.2, 0.25) is 0 Å². The molecule has 0 spiro atoms. The molecule has 276 valence electrons. The third-order valence-electron chi connectivity index (χ3n) is 10.4. The number of nitrogens with zero attached hydrogens (tertiary/aromatic N) is 2. The van der Waals surface area contributed by atoms with Crippen LogP contribution in [-0.4, -0.2) is 4.70 Å². The molecule has 1 heterocycles. The Labute approximate surface area is 313 Å². The Hall–Kier alpha value is -1.99. The molecule has 1 aliphatic heterocycles. The van der Waals surface area contributed by atoms with Gasteiger partial charge >= 0.3 is 0 Å². The normalized spacial score (nSPS) is 13.2. The first-order valence-corrected chi connectivity index (χ1v) is 20.7. The van der Waals surface area contributed by atoms with E-state index in [2.05, 4.69) is 79.7 Å². The third kappa shape index (κ3) is 11.5. The van der Waals surface area contributed by atoms with Crippen molar-refractivity contribution >= 4 is 11.4 Å². The van der Waals surface area contributed by atoms with Gasteiger partial charge in [0.05, 0.1) is 0 Å². The van der Waals surface area contributed by atoms with Gasteiger partial charge in [-0.3, -0.25) is 0 Å². The molecule has 2 aromatic rings. The molecule has 3 rings (SSSR count). The molecular weight excluding hydrogens is 639 g/mol. The Balaban J connectivity index is 0.00000833. The van der Waals surface area contributed by atoms with E-state index in [1.54, 1.807) is 15.8 Å². The van der Waals surface area contributed by atoms with Crippen LogP contribution in [0.15, 0.2) is 35.4 Å². The second kappa shape index (κ2) is 23.5. The van der Waals surface area contributed by atoms with Crippen LogP contribution in [0.3, 0.4) is 0 Å². The summed E-state index contributed by atoms with van der Waals surface area (Å²) in [6, 6.07) is 9.91. The van der Waals surface area contributed by atoms with Crippen molar-refractivity contribution in [3.05, 3.63) is 85.5 Å². The predicted molar refractivity (Wildman–Crippen MR) is 212 cm³/mol. The van der Waals surface area contributed by atoms with E-state index in [-0.39, 0.29) is 16.5 Å². The van der Waals surface area contributed by atoms with E-state index >= 15 is 0 Å². The summed E-state index contributed by atoms with van der Waals surface area (Å²) < 4.78 is 1.69. The number of aryl methyl sites for hydroxylation is 4. The minimum atomic E-state index is 0. The van der Waals surface area contributed by atoms with Crippen LogP contribution in [0.25, 0.3) is 16.9 Å². The van der Waals surface area contributed by atoms with Crippen molar-refractivity contribution in [2.75, 3.05) is 0 Å². The van der Waals surface area contributed by atoms with Crippen LogP contribution in [0, 0.1) is 0 Å². The van der Waals surface area contributed by atoms with Crippen LogP contribution < -0.4 is 0 Å². The Morgan fingerprint density at radius 2 is 0.694 bits per heavy atom. The standard InChI is InChI=1S/C46H72N2.Ni/c1-9-17-19-21-29-43-44(30-22-20-18-10-2)46(40-33-37(25-13-5)42(28-16-8)38(34-40)26-14-6)48(47)45(43)39-31-35(23-11-3)41(27-15-7)36(32-39)24-12-4;/h31-34H,9-30H2,1-8H3;. The van der Waals surface area contributed by atoms with Gasteiger partial charge in [-0.15, -0.1) is 0 Å². The smallest absolute Gasteiger partial charge is 0.211 e. The van der Waals surface area contributed by atoms with Gasteiger partial charge in [-0.25, -0.2) is 4.70 Å². The van der Waals surface area contributed by atoms with Gasteiger partial charge in [0.15, 0.2) is 0 Å². The molecule has 0 fully saturated rings. The molecular formula is C46H72N2Ni. The van der Waals surface area contributed by atoms with Crippen molar-refractivity contribution in [2.24, 2.45) is 0 Å². The molecule has 0 saturated carbocycles. The number of allylic oxidation sites excluding steroid dienone is 2. The van der Waals surface area contributed by atoms with E-state index in [1.165, 1.54) is 109 Å². The van der Waals surface area contributed by atoms with Gasteiger partial charge < -0.3 is 5.53 Å². The number of benzene rings is 2. The van der Waals surface area contributed by atoms with Gasteiger partial charge in [-0.1, -0.05) is 132 Å². The fourth-order valence-corrected chi connectivity index (χ4v) is 8.22. The first kappa shape index (κ1) is 43.2. The Kier molecular flexibility index (Phi) is 20.7. The monoisotopic (exact) mass is 711 g/mol. The number of hydrogen-bond donors (Lipinski definition) is 0. The maximum Gasteiger partial charge on any atom is 0.211 e. The van der Waals surface area contributed by atoms with Gasteiger partial charge in [0.1, 0.15) is 0 Å². The molecule has 0 aromatic heterocycles. The van der Waals surface area contributed by atoms with Crippen LogP contribution in [-0.2, 0) is 55.0 Å². The summed E-state index contributed by atoms with van der Waals surface area (Å²) in [5, 5.41) is 0. The molecule has 0 amide bonds. The quantitative estimate of drug-likeness (QED) is 0.0589. The zero-order valence-electron chi connectivity index (χ0n) is 33.1. The maximum absolute atomic E-state index is 12.6. The van der Waals surface area contributed by atoms with Gasteiger partial charge in [-0.05, 0) is 122 Å². The molecule has 1 aliphatic rings. The summed E-state index contributed by atoms with van der Waals surface area (Å²) >= 11 is 0. The molecule has 2 aromatic carbocycles. The zero-order valence-corrected chi connectivity index (χ0v) is 34.1. The zero-order chi connectivity index (χ0) is 34.9. The van der Waals surface area contributed by atoms with Gasteiger partial charge in [-0.2, -0.15) is 0 Å². The number of rotatable bonds is 24. The van der Waals surface area contributed by atoms with Crippen molar-refractivity contribution in [3.63, 3.8) is 0 Å². The SMILES string of the molecule is CCCCCCC1=C(c2cc(CCC)c(CCC)c(CCC)c2)[N+](=[N-])C(c2cc(CCC)c(CCC)c(CCC)c2)=C1CCCCCC.[Ni]. The average Bonchev–Trinajstić information content (AvgIpc) is 3.35. The summed E-state index contributed by atoms with van der Waals surface area (Å²) in [5.41, 5.74) is 29.3. The van der Waals surface area contributed by atoms with Crippen molar-refractivity contribution in [3.8, 4) is 0 Å².